The molecule has 6 heteroatoms. The molecule has 3 rings (SSSR count). The molecule has 2 saturated carbocycles. The Bertz CT molecular complexity index is 896. The Kier molecular flexibility index (Phi) is 6.39. The first-order chi connectivity index (χ1) is 14.8. The van der Waals surface area contributed by atoms with Crippen LogP contribution in [0.2, 0.25) is 0 Å². The summed E-state index contributed by atoms with van der Waals surface area (Å²) in [7, 11) is 0. The van der Waals surface area contributed by atoms with Crippen LogP contribution in [0.5, 0.6) is 0 Å². The number of carbonyl (C=O) groups is 2. The summed E-state index contributed by atoms with van der Waals surface area (Å²) in [4.78, 5) is 26.6. The first-order valence-corrected chi connectivity index (χ1v) is 11.6. The minimum absolute atomic E-state index is 0.0775. The molecular formula is C26H38O6. The topological polar surface area (TPSA) is 104 Å². The zero-order valence-electron chi connectivity index (χ0n) is 20.3. The normalized spacial score (nSPS) is 39.9. The monoisotopic (exact) mass is 446 g/mol. The standard InChI is InChI=1S/C26H38O6/c1-8-14(3)23(30)32-22-15(4)12-25(26(22,31)21(29)17(9-2)13-27)16(5)10-18-19(11-20(25)28)24(18,6)7/h8-9,12,16,18-19,21-22,27,29,31H,10-11,13H2,1-7H3/b14-8-,17-9-/t16-,18-,19+,21-,22+,25+,26+/m1/s1. The molecule has 6 nitrogen and oxygen atoms in total. The Morgan fingerprint density at radius 1 is 1.28 bits per heavy atom. The van der Waals surface area contributed by atoms with Gasteiger partial charge >= 0.3 is 5.97 Å². The van der Waals surface area contributed by atoms with Crippen molar-refractivity contribution in [2.45, 2.75) is 79.1 Å². The molecule has 0 aromatic carbocycles. The van der Waals surface area contributed by atoms with E-state index in [9.17, 15) is 24.9 Å². The highest BCUT2D eigenvalue weighted by molar-refractivity contribution is 5.92. The van der Waals surface area contributed by atoms with Crippen molar-refractivity contribution in [1.29, 1.82) is 0 Å². The van der Waals surface area contributed by atoms with E-state index in [0.29, 0.717) is 23.5 Å². The van der Waals surface area contributed by atoms with Crippen molar-refractivity contribution in [3.63, 3.8) is 0 Å². The summed E-state index contributed by atoms with van der Waals surface area (Å²) < 4.78 is 5.75. The number of allylic oxidation sites excluding steroid dienone is 2. The van der Waals surface area contributed by atoms with Gasteiger partial charge in [0.25, 0.3) is 0 Å². The average Bonchev–Trinajstić information content (AvgIpc) is 3.19. The van der Waals surface area contributed by atoms with E-state index in [4.69, 9.17) is 4.74 Å². The van der Waals surface area contributed by atoms with Crippen LogP contribution in [-0.4, -0.2) is 51.5 Å². The molecule has 178 valence electrons. The zero-order valence-corrected chi connectivity index (χ0v) is 20.3. The Morgan fingerprint density at radius 3 is 2.44 bits per heavy atom. The lowest BCUT2D eigenvalue weighted by atomic mass is 9.58. The van der Waals surface area contributed by atoms with E-state index in [1.54, 1.807) is 39.8 Å². The summed E-state index contributed by atoms with van der Waals surface area (Å²) in [5.41, 5.74) is -2.37. The summed E-state index contributed by atoms with van der Waals surface area (Å²) >= 11 is 0. The molecule has 0 bridgehead atoms. The third kappa shape index (κ3) is 3.25. The lowest BCUT2D eigenvalue weighted by Crippen LogP contribution is -2.66. The van der Waals surface area contributed by atoms with E-state index in [2.05, 4.69) is 13.8 Å². The second kappa shape index (κ2) is 8.23. The van der Waals surface area contributed by atoms with E-state index in [-0.39, 0.29) is 28.6 Å². The fraction of sp³-hybridized carbons (Fsp3) is 0.692. The van der Waals surface area contributed by atoms with Gasteiger partial charge in [0.1, 0.15) is 11.9 Å². The fourth-order valence-corrected chi connectivity index (χ4v) is 6.38. The van der Waals surface area contributed by atoms with Crippen molar-refractivity contribution in [1.82, 2.24) is 0 Å². The van der Waals surface area contributed by atoms with Gasteiger partial charge in [-0.05, 0) is 68.4 Å². The molecule has 7 atom stereocenters. The number of hydrogen-bond acceptors (Lipinski definition) is 6. The number of Topliss-reactive ketones (excluding diaryl/α,β-unsaturated/α-hetero) is 1. The first-order valence-electron chi connectivity index (χ1n) is 11.6. The van der Waals surface area contributed by atoms with Crippen molar-refractivity contribution in [2.75, 3.05) is 6.61 Å². The molecule has 0 aromatic rings. The van der Waals surface area contributed by atoms with Crippen molar-refractivity contribution in [3.8, 4) is 0 Å². The highest BCUT2D eigenvalue weighted by Gasteiger charge is 2.73. The van der Waals surface area contributed by atoms with Gasteiger partial charge in [-0.1, -0.05) is 39.0 Å². The number of aliphatic hydroxyl groups is 3. The largest absolute Gasteiger partial charge is 0.451 e. The maximum absolute atomic E-state index is 13.9. The average molecular weight is 447 g/mol. The quantitative estimate of drug-likeness (QED) is 0.341. The Morgan fingerprint density at radius 2 is 1.91 bits per heavy atom. The molecule has 3 aliphatic rings. The number of carbonyl (C=O) groups excluding carboxylic acids is 2. The molecule has 0 heterocycles. The second-order valence-corrected chi connectivity index (χ2v) is 10.6. The molecule has 2 fully saturated rings. The SMILES string of the molecule is C/C=C(/C)C(=O)O[C@H]1C(C)=C[C@]2(C(=O)C[C@H]3[C@@H](C[C@H]2C)C3(C)C)[C@]1(O)[C@H](O)/C(=C\C)CO. The van der Waals surface area contributed by atoms with E-state index in [0.717, 1.165) is 6.42 Å². The van der Waals surface area contributed by atoms with Gasteiger partial charge in [0, 0.05) is 12.0 Å². The van der Waals surface area contributed by atoms with Crippen molar-refractivity contribution in [2.24, 2.45) is 28.6 Å². The van der Waals surface area contributed by atoms with Crippen molar-refractivity contribution < 1.29 is 29.6 Å². The van der Waals surface area contributed by atoms with Gasteiger partial charge in [-0.2, -0.15) is 0 Å². The summed E-state index contributed by atoms with van der Waals surface area (Å²) in [5, 5.41) is 33.6. The summed E-state index contributed by atoms with van der Waals surface area (Å²) in [6.45, 7) is 12.5. The molecule has 0 aromatic heterocycles. The Hall–Kier alpha value is -1.76. The summed E-state index contributed by atoms with van der Waals surface area (Å²) in [6.07, 6.45) is 3.11. The predicted molar refractivity (Wildman–Crippen MR) is 121 cm³/mol. The molecule has 0 radical (unpaired) electrons. The molecule has 1 spiro atoms. The third-order valence-corrected chi connectivity index (χ3v) is 8.77. The van der Waals surface area contributed by atoms with Crippen LogP contribution in [0.4, 0.5) is 0 Å². The maximum atomic E-state index is 13.9. The first kappa shape index (κ1) is 24.9. The van der Waals surface area contributed by atoms with Crippen LogP contribution in [0, 0.1) is 28.6 Å². The van der Waals surface area contributed by atoms with Crippen LogP contribution in [0.3, 0.4) is 0 Å². The minimum atomic E-state index is -2.12. The minimum Gasteiger partial charge on any atom is -0.451 e. The van der Waals surface area contributed by atoms with E-state index < -0.39 is 35.8 Å². The van der Waals surface area contributed by atoms with Gasteiger partial charge in [0.05, 0.1) is 12.0 Å². The van der Waals surface area contributed by atoms with Crippen LogP contribution in [0.1, 0.15) is 61.3 Å². The number of hydrogen-bond donors (Lipinski definition) is 3. The third-order valence-electron chi connectivity index (χ3n) is 8.77. The maximum Gasteiger partial charge on any atom is 0.334 e. The van der Waals surface area contributed by atoms with Gasteiger partial charge in [-0.25, -0.2) is 4.79 Å². The van der Waals surface area contributed by atoms with Crippen molar-refractivity contribution in [3.05, 3.63) is 34.9 Å². The van der Waals surface area contributed by atoms with Gasteiger partial charge in [0.15, 0.2) is 11.7 Å². The fourth-order valence-electron chi connectivity index (χ4n) is 6.38. The lowest BCUT2D eigenvalue weighted by Gasteiger charge is -2.49. The molecule has 0 saturated heterocycles. The molecule has 3 aliphatic carbocycles. The van der Waals surface area contributed by atoms with Gasteiger partial charge in [0.2, 0.25) is 0 Å². The van der Waals surface area contributed by atoms with Gasteiger partial charge < -0.3 is 20.1 Å². The van der Waals surface area contributed by atoms with E-state index in [1.165, 1.54) is 6.08 Å². The number of aliphatic hydroxyl groups excluding tert-OH is 2. The van der Waals surface area contributed by atoms with Crippen LogP contribution in [-0.2, 0) is 14.3 Å². The number of esters is 1. The van der Waals surface area contributed by atoms with Gasteiger partial charge in [-0.3, -0.25) is 4.79 Å². The van der Waals surface area contributed by atoms with Gasteiger partial charge in [-0.15, -0.1) is 0 Å². The molecule has 0 amide bonds. The smallest absolute Gasteiger partial charge is 0.334 e. The lowest BCUT2D eigenvalue weighted by molar-refractivity contribution is -0.202. The van der Waals surface area contributed by atoms with Crippen LogP contribution < -0.4 is 0 Å². The molecule has 0 aliphatic heterocycles. The zero-order chi connectivity index (χ0) is 24.2. The highest BCUT2D eigenvalue weighted by Crippen LogP contribution is 2.69. The highest BCUT2D eigenvalue weighted by atomic mass is 16.6. The number of ether oxygens (including phenoxy) is 1. The Labute approximate surface area is 191 Å². The molecular weight excluding hydrogens is 408 g/mol. The Balaban J connectivity index is 2.16. The number of rotatable bonds is 5. The summed E-state index contributed by atoms with van der Waals surface area (Å²) in [6, 6.07) is 0. The molecule has 0 unspecified atom stereocenters. The van der Waals surface area contributed by atoms with E-state index >= 15 is 0 Å². The number of ketones is 1. The van der Waals surface area contributed by atoms with Crippen LogP contribution in [0.25, 0.3) is 0 Å². The number of fused-ring (bicyclic) bond motifs is 1. The van der Waals surface area contributed by atoms with Crippen LogP contribution in [0.15, 0.2) is 34.9 Å². The predicted octanol–water partition coefficient (Wildman–Crippen LogP) is 3.11. The van der Waals surface area contributed by atoms with E-state index in [1.807, 2.05) is 6.92 Å². The molecule has 3 N–H and O–H groups in total. The second-order valence-electron chi connectivity index (χ2n) is 10.6. The van der Waals surface area contributed by atoms with Crippen molar-refractivity contribution >= 4 is 11.8 Å². The summed E-state index contributed by atoms with van der Waals surface area (Å²) in [5.74, 6) is -0.445. The molecule has 32 heavy (non-hydrogen) atoms. The van der Waals surface area contributed by atoms with Crippen LogP contribution >= 0.6 is 0 Å².